The molecule has 1 aliphatic rings. The third kappa shape index (κ3) is 3.47. The summed E-state index contributed by atoms with van der Waals surface area (Å²) >= 11 is 1.08. The molecule has 1 N–H and O–H groups in total. The van der Waals surface area contributed by atoms with Crippen molar-refractivity contribution in [1.82, 2.24) is 4.31 Å². The van der Waals surface area contributed by atoms with Crippen molar-refractivity contribution in [1.29, 1.82) is 0 Å². The van der Waals surface area contributed by atoms with Gasteiger partial charge in [-0.3, -0.25) is 0 Å². The maximum Gasteiger partial charge on any atom is 0.367 e. The molecule has 19 heavy (non-hydrogen) atoms. The van der Waals surface area contributed by atoms with Crippen LogP contribution in [0, 0.1) is 0 Å². The summed E-state index contributed by atoms with van der Waals surface area (Å²) in [7, 11) is 0. The molecule has 0 spiro atoms. The van der Waals surface area contributed by atoms with Gasteiger partial charge in [-0.1, -0.05) is 12.7 Å². The summed E-state index contributed by atoms with van der Waals surface area (Å²) < 4.78 is 16.6. The van der Waals surface area contributed by atoms with Crippen LogP contribution in [0.5, 0.6) is 0 Å². The fourth-order valence-corrected chi connectivity index (χ4v) is 2.46. The van der Waals surface area contributed by atoms with Gasteiger partial charge < -0.3 is 19.3 Å². The molecule has 0 saturated carbocycles. The van der Waals surface area contributed by atoms with Gasteiger partial charge in [0.1, 0.15) is 12.5 Å². The number of ether oxygens (including phenoxy) is 3. The fourth-order valence-electron chi connectivity index (χ4n) is 1.55. The summed E-state index contributed by atoms with van der Waals surface area (Å²) in [5.74, 6) is -2.11. The van der Waals surface area contributed by atoms with E-state index < -0.39 is 17.7 Å². The van der Waals surface area contributed by atoms with Gasteiger partial charge in [0.25, 0.3) is 0 Å². The van der Waals surface area contributed by atoms with Crippen molar-refractivity contribution >= 4 is 23.9 Å². The Hall–Kier alpha value is -1.09. The van der Waals surface area contributed by atoms with Crippen LogP contribution in [0.2, 0.25) is 0 Å². The lowest BCUT2D eigenvalue weighted by atomic mass is 10.2. The molecule has 1 rings (SSSR count). The van der Waals surface area contributed by atoms with Crippen molar-refractivity contribution in [3.05, 3.63) is 12.7 Å². The molecule has 0 bridgehead atoms. The average molecular weight is 291 g/mol. The number of aliphatic carboxylic acids is 1. The second-order valence-corrected chi connectivity index (χ2v) is 4.46. The lowest BCUT2D eigenvalue weighted by Gasteiger charge is -2.38. The molecular formula is C11H17NO6S. The van der Waals surface area contributed by atoms with Crippen molar-refractivity contribution in [2.45, 2.75) is 12.6 Å². The van der Waals surface area contributed by atoms with E-state index in [9.17, 15) is 14.7 Å². The van der Waals surface area contributed by atoms with E-state index in [2.05, 4.69) is 6.58 Å². The summed E-state index contributed by atoms with van der Waals surface area (Å²) in [4.78, 5) is 23.7. The number of hydrogen-bond acceptors (Lipinski definition) is 7. The van der Waals surface area contributed by atoms with E-state index in [1.54, 1.807) is 6.92 Å². The van der Waals surface area contributed by atoms with Crippen LogP contribution in [0.4, 0.5) is 0 Å². The second kappa shape index (κ2) is 7.49. The van der Waals surface area contributed by atoms with Gasteiger partial charge in [0.2, 0.25) is 0 Å². The smallest absolute Gasteiger partial charge is 0.367 e. The molecule has 1 aliphatic heterocycles. The Morgan fingerprint density at radius 1 is 1.63 bits per heavy atom. The predicted octanol–water partition coefficient (Wildman–Crippen LogP) is 0.471. The average Bonchev–Trinajstić information content (AvgIpc) is 2.42. The van der Waals surface area contributed by atoms with Crippen LogP contribution in [0.15, 0.2) is 12.7 Å². The highest BCUT2D eigenvalue weighted by Gasteiger charge is 2.55. The Morgan fingerprint density at radius 3 is 2.84 bits per heavy atom. The first-order valence-electron chi connectivity index (χ1n) is 5.73. The van der Waals surface area contributed by atoms with E-state index in [1.807, 2.05) is 0 Å². The molecule has 1 atom stereocenters. The van der Waals surface area contributed by atoms with Crippen LogP contribution < -0.4 is 0 Å². The topological polar surface area (TPSA) is 85.3 Å². The van der Waals surface area contributed by atoms with Crippen molar-refractivity contribution in [3.8, 4) is 0 Å². The molecule has 1 heterocycles. The van der Waals surface area contributed by atoms with Crippen LogP contribution in [0.25, 0.3) is 0 Å². The molecule has 0 aromatic rings. The molecule has 7 nitrogen and oxygen atoms in total. The molecule has 0 amide bonds. The molecule has 0 aliphatic carbocycles. The van der Waals surface area contributed by atoms with E-state index in [1.165, 1.54) is 10.4 Å². The zero-order chi connectivity index (χ0) is 14.3. The van der Waals surface area contributed by atoms with Gasteiger partial charge in [-0.05, 0) is 18.9 Å². The number of esters is 1. The summed E-state index contributed by atoms with van der Waals surface area (Å²) in [6, 6.07) is 0. The second-order valence-electron chi connectivity index (χ2n) is 3.53. The van der Waals surface area contributed by atoms with Crippen molar-refractivity contribution in [3.63, 3.8) is 0 Å². The highest BCUT2D eigenvalue weighted by atomic mass is 32.2. The minimum atomic E-state index is -2.15. The summed E-state index contributed by atoms with van der Waals surface area (Å²) in [5.41, 5.74) is -2.15. The highest BCUT2D eigenvalue weighted by molar-refractivity contribution is 7.96. The van der Waals surface area contributed by atoms with Gasteiger partial charge in [-0.15, -0.1) is 0 Å². The van der Waals surface area contributed by atoms with E-state index in [0.29, 0.717) is 6.61 Å². The Morgan fingerprint density at radius 2 is 2.37 bits per heavy atom. The highest BCUT2D eigenvalue weighted by Crippen LogP contribution is 2.30. The molecule has 1 unspecified atom stereocenters. The van der Waals surface area contributed by atoms with Crippen LogP contribution in [0.3, 0.4) is 0 Å². The molecule has 8 heteroatoms. The molecule has 0 radical (unpaired) electrons. The summed E-state index contributed by atoms with van der Waals surface area (Å²) in [5, 5.41) is 9.43. The van der Waals surface area contributed by atoms with Crippen LogP contribution in [-0.2, 0) is 23.8 Å². The van der Waals surface area contributed by atoms with Gasteiger partial charge >= 0.3 is 17.7 Å². The molecular weight excluding hydrogens is 274 g/mol. The first-order chi connectivity index (χ1) is 9.09. The Kier molecular flexibility index (Phi) is 6.29. The van der Waals surface area contributed by atoms with Gasteiger partial charge in [0.05, 0.1) is 6.61 Å². The lowest BCUT2D eigenvalue weighted by Crippen LogP contribution is -2.61. The van der Waals surface area contributed by atoms with E-state index in [0.717, 1.165) is 11.9 Å². The fraction of sp³-hybridized carbons (Fsp3) is 0.636. The van der Waals surface area contributed by atoms with Crippen molar-refractivity contribution in [2.75, 3.05) is 32.3 Å². The minimum Gasteiger partial charge on any atom is -0.478 e. The SMILES string of the molecule is C=CCOC(=O)C(OCC)(C(=O)O)N1CCOCS1. The Bertz CT molecular complexity index is 344. The number of carboxylic acid groups (broad SMARTS) is 1. The largest absolute Gasteiger partial charge is 0.478 e. The number of hydrogen-bond donors (Lipinski definition) is 1. The van der Waals surface area contributed by atoms with E-state index in [4.69, 9.17) is 14.2 Å². The Balaban J connectivity index is 3.00. The van der Waals surface area contributed by atoms with Crippen LogP contribution in [-0.4, -0.2) is 59.4 Å². The molecule has 0 aromatic heterocycles. The number of carbonyl (C=O) groups is 2. The zero-order valence-corrected chi connectivity index (χ0v) is 11.5. The predicted molar refractivity (Wildman–Crippen MR) is 68.3 cm³/mol. The first kappa shape index (κ1) is 16.0. The molecule has 1 fully saturated rings. The lowest BCUT2D eigenvalue weighted by molar-refractivity contribution is -0.204. The maximum absolute atomic E-state index is 12.1. The number of rotatable bonds is 7. The van der Waals surface area contributed by atoms with Gasteiger partial charge in [-0.25, -0.2) is 9.59 Å². The number of carboxylic acids is 1. The third-order valence-corrected chi connectivity index (χ3v) is 3.36. The van der Waals surface area contributed by atoms with Gasteiger partial charge in [0, 0.05) is 13.2 Å². The Labute approximate surface area is 115 Å². The maximum atomic E-state index is 12.1. The summed E-state index contributed by atoms with van der Waals surface area (Å²) in [6.07, 6.45) is 1.36. The zero-order valence-electron chi connectivity index (χ0n) is 10.7. The van der Waals surface area contributed by atoms with Crippen LogP contribution >= 0.6 is 11.9 Å². The molecule has 1 saturated heterocycles. The van der Waals surface area contributed by atoms with E-state index in [-0.39, 0.29) is 25.7 Å². The normalized spacial score (nSPS) is 19.4. The standard InChI is InChI=1S/C11H17NO6S/c1-3-6-17-10(15)11(9(13)14,18-4-2)12-5-7-16-8-19-12/h3H,1,4-8H2,2H3,(H,13,14). The number of nitrogens with zero attached hydrogens (tertiary/aromatic N) is 1. The third-order valence-electron chi connectivity index (χ3n) is 2.33. The van der Waals surface area contributed by atoms with Gasteiger partial charge in [0.15, 0.2) is 0 Å². The molecule has 108 valence electrons. The monoisotopic (exact) mass is 291 g/mol. The van der Waals surface area contributed by atoms with Crippen molar-refractivity contribution < 1.29 is 28.9 Å². The number of carbonyl (C=O) groups excluding carboxylic acids is 1. The summed E-state index contributed by atoms with van der Waals surface area (Å²) in [6.45, 7) is 5.59. The minimum absolute atomic E-state index is 0.0629. The van der Waals surface area contributed by atoms with Gasteiger partial charge in [-0.2, -0.15) is 4.31 Å². The first-order valence-corrected chi connectivity index (χ1v) is 6.67. The van der Waals surface area contributed by atoms with Crippen LogP contribution in [0.1, 0.15) is 6.92 Å². The van der Waals surface area contributed by atoms with Crippen molar-refractivity contribution in [2.24, 2.45) is 0 Å². The molecule has 0 aromatic carbocycles. The quantitative estimate of drug-likeness (QED) is 0.313. The van der Waals surface area contributed by atoms with E-state index >= 15 is 0 Å².